The van der Waals surface area contributed by atoms with Gasteiger partial charge in [0.25, 0.3) is 5.56 Å². The molecule has 158 valence electrons. The van der Waals surface area contributed by atoms with E-state index in [1.807, 2.05) is 28.8 Å². The maximum Gasteiger partial charge on any atom is 0.258 e. The van der Waals surface area contributed by atoms with E-state index in [2.05, 4.69) is 43.0 Å². The second-order valence-corrected chi connectivity index (χ2v) is 9.76. The first kappa shape index (κ1) is 20.3. The number of rotatable bonds is 5. The maximum absolute atomic E-state index is 14.2. The van der Waals surface area contributed by atoms with Crippen LogP contribution in [0.25, 0.3) is 11.3 Å². The van der Waals surface area contributed by atoms with Crippen LogP contribution in [0.15, 0.2) is 77.2 Å². The molecule has 2 aromatic carbocycles. The highest BCUT2D eigenvalue weighted by Gasteiger charge is 2.43. The second-order valence-electron chi connectivity index (χ2n) is 8.77. The lowest BCUT2D eigenvalue weighted by Gasteiger charge is -2.42. The first-order valence-electron chi connectivity index (χ1n) is 11.2. The van der Waals surface area contributed by atoms with E-state index >= 15 is 0 Å². The number of aromatic nitrogens is 2. The van der Waals surface area contributed by atoms with Crippen LogP contribution in [0.1, 0.15) is 48.8 Å². The van der Waals surface area contributed by atoms with Gasteiger partial charge in [0, 0.05) is 16.7 Å². The van der Waals surface area contributed by atoms with Gasteiger partial charge in [0.15, 0.2) is 5.16 Å². The predicted octanol–water partition coefficient (Wildman–Crippen LogP) is 5.99. The van der Waals surface area contributed by atoms with Gasteiger partial charge >= 0.3 is 0 Å². The number of thioether (sulfide) groups is 1. The molecular formula is C27H28N2OS. The fourth-order valence-corrected chi connectivity index (χ4v) is 6.10. The van der Waals surface area contributed by atoms with Crippen molar-refractivity contribution >= 4 is 11.8 Å². The number of hydrogen-bond donors (Lipinski definition) is 0. The van der Waals surface area contributed by atoms with Crippen molar-refractivity contribution < 1.29 is 0 Å². The molecule has 1 spiro atoms. The van der Waals surface area contributed by atoms with Crippen LogP contribution in [0.4, 0.5) is 0 Å². The summed E-state index contributed by atoms with van der Waals surface area (Å²) in [4.78, 5) is 19.3. The first-order chi connectivity index (χ1) is 15.2. The fraction of sp³-hybridized carbons (Fsp3) is 0.333. The topological polar surface area (TPSA) is 34.9 Å². The molecule has 3 aromatic rings. The van der Waals surface area contributed by atoms with E-state index in [1.54, 1.807) is 11.8 Å². The molecule has 5 rings (SSSR count). The Labute approximate surface area is 188 Å². The Bertz CT molecular complexity index is 1160. The summed E-state index contributed by atoms with van der Waals surface area (Å²) in [5.74, 6) is 0.729. The summed E-state index contributed by atoms with van der Waals surface area (Å²) in [6.45, 7) is 4.42. The summed E-state index contributed by atoms with van der Waals surface area (Å²) in [6.07, 6.45) is 8.62. The van der Waals surface area contributed by atoms with Gasteiger partial charge in [-0.2, -0.15) is 0 Å². The van der Waals surface area contributed by atoms with Crippen LogP contribution in [-0.4, -0.2) is 15.3 Å². The van der Waals surface area contributed by atoms with E-state index in [4.69, 9.17) is 4.98 Å². The lowest BCUT2D eigenvalue weighted by atomic mass is 9.62. The summed E-state index contributed by atoms with van der Waals surface area (Å²) < 4.78 is 1.91. The molecule has 1 fully saturated rings. The van der Waals surface area contributed by atoms with E-state index in [0.717, 1.165) is 52.6 Å². The van der Waals surface area contributed by atoms with Crippen molar-refractivity contribution in [1.82, 2.24) is 9.55 Å². The van der Waals surface area contributed by atoms with Gasteiger partial charge < -0.3 is 0 Å². The number of nitrogens with zero attached hydrogens (tertiary/aromatic N) is 2. The van der Waals surface area contributed by atoms with Gasteiger partial charge in [-0.3, -0.25) is 9.36 Å². The smallest absolute Gasteiger partial charge is 0.258 e. The quantitative estimate of drug-likeness (QED) is 0.284. The van der Waals surface area contributed by atoms with Gasteiger partial charge in [-0.1, -0.05) is 91.7 Å². The maximum atomic E-state index is 14.2. The van der Waals surface area contributed by atoms with Gasteiger partial charge in [0.05, 0.1) is 17.8 Å². The average molecular weight is 429 g/mol. The highest BCUT2D eigenvalue weighted by molar-refractivity contribution is 7.99. The summed E-state index contributed by atoms with van der Waals surface area (Å²) in [7, 11) is 0. The normalized spacial score (nSPS) is 16.5. The van der Waals surface area contributed by atoms with Crippen LogP contribution in [0.3, 0.4) is 0 Å². The molecule has 0 bridgehead atoms. The third-order valence-corrected chi connectivity index (χ3v) is 7.76. The van der Waals surface area contributed by atoms with Crippen molar-refractivity contribution in [1.29, 1.82) is 0 Å². The molecule has 4 heteroatoms. The Morgan fingerprint density at radius 2 is 1.77 bits per heavy atom. The Morgan fingerprint density at radius 3 is 2.55 bits per heavy atom. The molecule has 2 aliphatic rings. The zero-order valence-electron chi connectivity index (χ0n) is 17.8. The van der Waals surface area contributed by atoms with Gasteiger partial charge in [-0.25, -0.2) is 4.98 Å². The highest BCUT2D eigenvalue weighted by Crippen LogP contribution is 2.48. The van der Waals surface area contributed by atoms with Gasteiger partial charge in [0.2, 0.25) is 0 Å². The minimum absolute atomic E-state index is 0.0773. The lowest BCUT2D eigenvalue weighted by molar-refractivity contribution is 0.282. The van der Waals surface area contributed by atoms with Crippen molar-refractivity contribution in [3.8, 4) is 11.3 Å². The molecular weight excluding hydrogens is 400 g/mol. The predicted molar refractivity (Wildman–Crippen MR) is 129 cm³/mol. The molecule has 0 N–H and O–H groups in total. The third kappa shape index (κ3) is 3.67. The zero-order valence-corrected chi connectivity index (χ0v) is 18.7. The van der Waals surface area contributed by atoms with Gasteiger partial charge in [0.1, 0.15) is 0 Å². The van der Waals surface area contributed by atoms with Gasteiger partial charge in [-0.05, 0) is 30.4 Å². The monoisotopic (exact) mass is 428 g/mol. The molecule has 31 heavy (non-hydrogen) atoms. The Balaban J connectivity index is 1.75. The fourth-order valence-electron chi connectivity index (χ4n) is 5.37. The summed E-state index contributed by atoms with van der Waals surface area (Å²) in [5, 5.41) is 0.787. The molecule has 1 saturated carbocycles. The van der Waals surface area contributed by atoms with E-state index in [1.165, 1.54) is 24.8 Å². The molecule has 3 nitrogen and oxygen atoms in total. The van der Waals surface area contributed by atoms with E-state index in [-0.39, 0.29) is 11.0 Å². The van der Waals surface area contributed by atoms with E-state index in [9.17, 15) is 4.79 Å². The van der Waals surface area contributed by atoms with Gasteiger partial charge in [-0.15, -0.1) is 6.58 Å². The minimum Gasteiger partial charge on any atom is -0.283 e. The summed E-state index contributed by atoms with van der Waals surface area (Å²) >= 11 is 1.60. The van der Waals surface area contributed by atoms with Crippen LogP contribution in [-0.2, 0) is 18.4 Å². The molecule has 0 aliphatic heterocycles. The Morgan fingerprint density at radius 1 is 1.03 bits per heavy atom. The van der Waals surface area contributed by atoms with Crippen molar-refractivity contribution in [3.63, 3.8) is 0 Å². The standard InChI is InChI=1S/C27H28N2OS/c1-2-17-31-26-28-24-22-14-8-7-13-21(22)18-27(15-9-4-10-16-27)23(24)25(30)29(26)19-20-11-5-3-6-12-20/h2-3,5-8,11-14H,1,4,9-10,15-19H2. The third-order valence-electron chi connectivity index (χ3n) is 6.79. The lowest BCUT2D eigenvalue weighted by Crippen LogP contribution is -2.43. The van der Waals surface area contributed by atoms with Crippen LogP contribution in [0.2, 0.25) is 0 Å². The molecule has 0 radical (unpaired) electrons. The Hall–Kier alpha value is -2.59. The largest absolute Gasteiger partial charge is 0.283 e. The van der Waals surface area contributed by atoms with Crippen molar-refractivity contribution in [3.05, 3.63) is 94.3 Å². The van der Waals surface area contributed by atoms with Crippen LogP contribution < -0.4 is 5.56 Å². The van der Waals surface area contributed by atoms with Crippen molar-refractivity contribution in [2.75, 3.05) is 5.75 Å². The Kier molecular flexibility index (Phi) is 5.58. The average Bonchev–Trinajstić information content (AvgIpc) is 2.80. The van der Waals surface area contributed by atoms with Crippen molar-refractivity contribution in [2.45, 2.75) is 55.6 Å². The molecule has 0 atom stereocenters. The number of fused-ring (bicyclic) bond motifs is 4. The van der Waals surface area contributed by atoms with E-state index < -0.39 is 0 Å². The first-order valence-corrected chi connectivity index (χ1v) is 12.2. The molecule has 2 aliphatic carbocycles. The van der Waals surface area contributed by atoms with E-state index in [0.29, 0.717) is 6.54 Å². The summed E-state index contributed by atoms with van der Waals surface area (Å²) in [6, 6.07) is 18.8. The van der Waals surface area contributed by atoms with Crippen LogP contribution >= 0.6 is 11.8 Å². The highest BCUT2D eigenvalue weighted by atomic mass is 32.2. The summed E-state index contributed by atoms with van der Waals surface area (Å²) in [5.41, 5.74) is 5.56. The number of hydrogen-bond acceptors (Lipinski definition) is 3. The zero-order chi connectivity index (χ0) is 21.3. The minimum atomic E-state index is -0.0773. The number of benzene rings is 2. The SMILES string of the molecule is C=CCSc1nc2c(c(=O)n1Cc1ccccc1)C1(CCCCC1)Cc1ccccc1-2. The molecule has 0 amide bonds. The van der Waals surface area contributed by atoms with Crippen LogP contribution in [0.5, 0.6) is 0 Å². The molecule has 0 unspecified atom stereocenters. The molecule has 0 saturated heterocycles. The molecule has 1 heterocycles. The molecule has 1 aromatic heterocycles. The van der Waals surface area contributed by atoms with Crippen LogP contribution in [0, 0.1) is 0 Å². The second kappa shape index (κ2) is 8.51. The van der Waals surface area contributed by atoms with Crippen molar-refractivity contribution in [2.24, 2.45) is 0 Å².